The fourth-order valence-corrected chi connectivity index (χ4v) is 2.01. The second-order valence-corrected chi connectivity index (χ2v) is 3.90. The van der Waals surface area contributed by atoms with E-state index in [9.17, 15) is 4.79 Å². The molecule has 0 fully saturated rings. The van der Waals surface area contributed by atoms with E-state index in [1.165, 1.54) is 0 Å². The summed E-state index contributed by atoms with van der Waals surface area (Å²) in [4.78, 5) is 19.4. The fraction of sp³-hybridized carbons (Fsp3) is 0.385. The molecular weight excluding hydrogens is 200 g/mol. The van der Waals surface area contributed by atoms with Crippen LogP contribution in [0.15, 0.2) is 18.3 Å². The first-order valence-corrected chi connectivity index (χ1v) is 5.76. The van der Waals surface area contributed by atoms with Crippen LogP contribution in [0.1, 0.15) is 42.7 Å². The van der Waals surface area contributed by atoms with Gasteiger partial charge in [-0.1, -0.05) is 20.3 Å². The van der Waals surface area contributed by atoms with Crippen LogP contribution in [0.2, 0.25) is 0 Å². The zero-order chi connectivity index (χ0) is 11.5. The molecule has 2 aromatic heterocycles. The Labute approximate surface area is 94.9 Å². The number of ketones is 1. The SMILES string of the molecule is CCCc1[nH]c2ncccc2c1C(=O)CC. The molecule has 0 aromatic carbocycles. The number of aromatic nitrogens is 2. The van der Waals surface area contributed by atoms with E-state index >= 15 is 0 Å². The number of nitrogens with zero attached hydrogens (tertiary/aromatic N) is 1. The minimum atomic E-state index is 0.197. The summed E-state index contributed by atoms with van der Waals surface area (Å²) < 4.78 is 0. The molecule has 2 rings (SSSR count). The van der Waals surface area contributed by atoms with E-state index in [1.54, 1.807) is 6.20 Å². The number of H-pyrrole nitrogens is 1. The number of hydrogen-bond acceptors (Lipinski definition) is 2. The lowest BCUT2D eigenvalue weighted by atomic mass is 10.0. The summed E-state index contributed by atoms with van der Waals surface area (Å²) in [6, 6.07) is 3.83. The lowest BCUT2D eigenvalue weighted by Gasteiger charge is -2.00. The van der Waals surface area contributed by atoms with Crippen molar-refractivity contribution in [1.82, 2.24) is 9.97 Å². The zero-order valence-electron chi connectivity index (χ0n) is 9.71. The van der Waals surface area contributed by atoms with E-state index < -0.39 is 0 Å². The van der Waals surface area contributed by atoms with Gasteiger partial charge >= 0.3 is 0 Å². The van der Waals surface area contributed by atoms with E-state index in [2.05, 4.69) is 16.9 Å². The predicted octanol–water partition coefficient (Wildman–Crippen LogP) is 3.11. The number of aromatic amines is 1. The van der Waals surface area contributed by atoms with Crippen LogP contribution in [0.4, 0.5) is 0 Å². The van der Waals surface area contributed by atoms with Gasteiger partial charge in [0.15, 0.2) is 5.78 Å². The van der Waals surface area contributed by atoms with Crippen LogP contribution >= 0.6 is 0 Å². The first kappa shape index (κ1) is 10.9. The van der Waals surface area contributed by atoms with Crippen molar-refractivity contribution in [3.05, 3.63) is 29.6 Å². The second-order valence-electron chi connectivity index (χ2n) is 3.90. The highest BCUT2D eigenvalue weighted by atomic mass is 16.1. The smallest absolute Gasteiger partial charge is 0.165 e. The number of pyridine rings is 1. The molecule has 2 aromatic rings. The van der Waals surface area contributed by atoms with E-state index in [0.717, 1.165) is 35.1 Å². The minimum absolute atomic E-state index is 0.197. The van der Waals surface area contributed by atoms with Gasteiger partial charge in [0.1, 0.15) is 5.65 Å². The normalized spacial score (nSPS) is 10.9. The van der Waals surface area contributed by atoms with Gasteiger partial charge in [0.25, 0.3) is 0 Å². The van der Waals surface area contributed by atoms with Crippen molar-refractivity contribution in [3.63, 3.8) is 0 Å². The summed E-state index contributed by atoms with van der Waals surface area (Å²) in [5.74, 6) is 0.197. The minimum Gasteiger partial charge on any atom is -0.343 e. The zero-order valence-corrected chi connectivity index (χ0v) is 9.71. The van der Waals surface area contributed by atoms with Gasteiger partial charge in [0, 0.05) is 29.3 Å². The van der Waals surface area contributed by atoms with Crippen LogP contribution in [-0.4, -0.2) is 15.8 Å². The lowest BCUT2D eigenvalue weighted by Crippen LogP contribution is -2.00. The fourth-order valence-electron chi connectivity index (χ4n) is 2.01. The molecule has 16 heavy (non-hydrogen) atoms. The number of Topliss-reactive ketones (excluding diaryl/α,β-unsaturated/α-hetero) is 1. The van der Waals surface area contributed by atoms with Gasteiger partial charge in [-0.2, -0.15) is 0 Å². The van der Waals surface area contributed by atoms with Crippen LogP contribution in [0.25, 0.3) is 11.0 Å². The van der Waals surface area contributed by atoms with Crippen molar-refractivity contribution in [1.29, 1.82) is 0 Å². The van der Waals surface area contributed by atoms with Crippen LogP contribution < -0.4 is 0 Å². The Morgan fingerprint density at radius 2 is 2.25 bits per heavy atom. The lowest BCUT2D eigenvalue weighted by molar-refractivity contribution is 0.0989. The predicted molar refractivity (Wildman–Crippen MR) is 64.7 cm³/mol. The molecular formula is C13H16N2O. The summed E-state index contributed by atoms with van der Waals surface area (Å²) in [7, 11) is 0. The van der Waals surface area contributed by atoms with Crippen molar-refractivity contribution in [2.75, 3.05) is 0 Å². The Morgan fingerprint density at radius 3 is 2.94 bits per heavy atom. The molecule has 0 saturated carbocycles. The van der Waals surface area contributed by atoms with Crippen molar-refractivity contribution < 1.29 is 4.79 Å². The van der Waals surface area contributed by atoms with E-state index in [0.29, 0.717) is 6.42 Å². The van der Waals surface area contributed by atoms with Crippen LogP contribution in [0.3, 0.4) is 0 Å². The van der Waals surface area contributed by atoms with Crippen LogP contribution in [-0.2, 0) is 6.42 Å². The largest absolute Gasteiger partial charge is 0.343 e. The van der Waals surface area contributed by atoms with Crippen LogP contribution in [0.5, 0.6) is 0 Å². The molecule has 0 aliphatic heterocycles. The number of fused-ring (bicyclic) bond motifs is 1. The molecule has 0 spiro atoms. The third kappa shape index (κ3) is 1.73. The summed E-state index contributed by atoms with van der Waals surface area (Å²) >= 11 is 0. The summed E-state index contributed by atoms with van der Waals surface area (Å²) in [6.07, 6.45) is 4.21. The highest BCUT2D eigenvalue weighted by molar-refractivity contribution is 6.08. The molecule has 3 nitrogen and oxygen atoms in total. The Kier molecular flexibility index (Phi) is 3.04. The van der Waals surface area contributed by atoms with Gasteiger partial charge in [0.2, 0.25) is 0 Å². The van der Waals surface area contributed by atoms with Gasteiger partial charge in [-0.25, -0.2) is 4.98 Å². The molecule has 0 saturated heterocycles. The molecule has 2 heterocycles. The van der Waals surface area contributed by atoms with Crippen molar-refractivity contribution in [2.45, 2.75) is 33.1 Å². The standard InChI is InChI=1S/C13H16N2O/c1-3-6-10-12(11(16)4-2)9-7-5-8-14-13(9)15-10/h5,7-8H,3-4,6H2,1-2H3,(H,14,15). The van der Waals surface area contributed by atoms with E-state index in [4.69, 9.17) is 0 Å². The molecule has 0 aliphatic carbocycles. The Balaban J connectivity index is 2.64. The third-order valence-electron chi connectivity index (χ3n) is 2.75. The molecule has 3 heteroatoms. The molecule has 1 N–H and O–H groups in total. The third-order valence-corrected chi connectivity index (χ3v) is 2.75. The monoisotopic (exact) mass is 216 g/mol. The van der Waals surface area contributed by atoms with Crippen LogP contribution in [0, 0.1) is 0 Å². The number of rotatable bonds is 4. The number of nitrogens with one attached hydrogen (secondary N) is 1. The molecule has 0 amide bonds. The Bertz CT molecular complexity index is 514. The number of hydrogen-bond donors (Lipinski definition) is 1. The van der Waals surface area contributed by atoms with Gasteiger partial charge in [-0.15, -0.1) is 0 Å². The molecule has 0 unspecified atom stereocenters. The molecule has 0 radical (unpaired) electrons. The number of carbonyl (C=O) groups is 1. The maximum absolute atomic E-state index is 11.9. The molecule has 0 bridgehead atoms. The van der Waals surface area contributed by atoms with E-state index in [1.807, 2.05) is 19.1 Å². The molecule has 84 valence electrons. The average Bonchev–Trinajstić information content (AvgIpc) is 2.66. The van der Waals surface area contributed by atoms with E-state index in [-0.39, 0.29) is 5.78 Å². The average molecular weight is 216 g/mol. The quantitative estimate of drug-likeness (QED) is 0.798. The summed E-state index contributed by atoms with van der Waals surface area (Å²) in [5.41, 5.74) is 2.69. The molecule has 0 aliphatic rings. The second kappa shape index (κ2) is 4.47. The van der Waals surface area contributed by atoms with Crippen molar-refractivity contribution >= 4 is 16.8 Å². The summed E-state index contributed by atoms with van der Waals surface area (Å²) in [6.45, 7) is 4.01. The van der Waals surface area contributed by atoms with Crippen molar-refractivity contribution in [3.8, 4) is 0 Å². The Morgan fingerprint density at radius 1 is 1.44 bits per heavy atom. The first-order chi connectivity index (χ1) is 7.77. The summed E-state index contributed by atoms with van der Waals surface area (Å²) in [5, 5.41) is 0.956. The maximum atomic E-state index is 11.9. The van der Waals surface area contributed by atoms with Gasteiger partial charge < -0.3 is 4.98 Å². The van der Waals surface area contributed by atoms with Gasteiger partial charge in [-0.3, -0.25) is 4.79 Å². The van der Waals surface area contributed by atoms with Crippen molar-refractivity contribution in [2.24, 2.45) is 0 Å². The topological polar surface area (TPSA) is 45.8 Å². The maximum Gasteiger partial charge on any atom is 0.165 e. The highest BCUT2D eigenvalue weighted by Crippen LogP contribution is 2.23. The molecule has 0 atom stereocenters. The van der Waals surface area contributed by atoms with Gasteiger partial charge in [-0.05, 0) is 18.6 Å². The van der Waals surface area contributed by atoms with Gasteiger partial charge in [0.05, 0.1) is 0 Å². The first-order valence-electron chi connectivity index (χ1n) is 5.76. The Hall–Kier alpha value is -1.64. The number of carbonyl (C=O) groups excluding carboxylic acids is 1. The number of aryl methyl sites for hydroxylation is 1. The highest BCUT2D eigenvalue weighted by Gasteiger charge is 2.16.